The second-order valence-electron chi connectivity index (χ2n) is 6.65. The van der Waals surface area contributed by atoms with Crippen molar-refractivity contribution < 1.29 is 28.7 Å². The lowest BCUT2D eigenvalue weighted by Gasteiger charge is -2.31. The highest BCUT2D eigenvalue weighted by Crippen LogP contribution is 2.34. The van der Waals surface area contributed by atoms with Crippen LogP contribution in [-0.4, -0.2) is 76.8 Å². The van der Waals surface area contributed by atoms with Gasteiger partial charge in [0.15, 0.2) is 11.0 Å². The first-order valence-electron chi connectivity index (χ1n) is 9.37. The molecule has 0 radical (unpaired) electrons. The van der Waals surface area contributed by atoms with E-state index < -0.39 is 17.7 Å². The predicted molar refractivity (Wildman–Crippen MR) is 111 cm³/mol. The highest BCUT2D eigenvalue weighted by Gasteiger charge is 2.39. The summed E-state index contributed by atoms with van der Waals surface area (Å²) in [7, 11) is 3.02. The molecule has 0 spiro atoms. The van der Waals surface area contributed by atoms with Gasteiger partial charge in [0.1, 0.15) is 24.6 Å². The number of thiocarbonyl (C=S) groups is 1. The van der Waals surface area contributed by atoms with Gasteiger partial charge >= 0.3 is 0 Å². The molecule has 2 fully saturated rings. The zero-order valence-electron chi connectivity index (χ0n) is 16.5. The van der Waals surface area contributed by atoms with E-state index in [1.807, 2.05) is 0 Å². The zero-order valence-corrected chi connectivity index (χ0v) is 17.3. The Morgan fingerprint density at radius 1 is 1.31 bits per heavy atom. The largest absolute Gasteiger partial charge is 0.497 e. The molecule has 2 saturated heterocycles. The number of ether oxygens (including phenoxy) is 3. The van der Waals surface area contributed by atoms with Gasteiger partial charge in [-0.1, -0.05) is 0 Å². The number of hydrogen-bond acceptors (Lipinski definition) is 7. The van der Waals surface area contributed by atoms with Crippen molar-refractivity contribution in [2.75, 3.05) is 58.5 Å². The van der Waals surface area contributed by atoms with Crippen molar-refractivity contribution in [3.05, 3.63) is 18.2 Å². The lowest BCUT2D eigenvalue weighted by Crippen LogP contribution is -3.14. The second kappa shape index (κ2) is 9.77. The van der Waals surface area contributed by atoms with Crippen molar-refractivity contribution in [3.63, 3.8) is 0 Å². The van der Waals surface area contributed by atoms with E-state index in [0.717, 1.165) is 32.8 Å². The highest BCUT2D eigenvalue weighted by molar-refractivity contribution is 7.80. The maximum atomic E-state index is 13.1. The summed E-state index contributed by atoms with van der Waals surface area (Å²) in [5, 5.41) is 2.57. The number of aliphatic imine (C=N–C) groups is 1. The molecule has 0 saturated carbocycles. The summed E-state index contributed by atoms with van der Waals surface area (Å²) in [6.45, 7) is 4.73. The van der Waals surface area contributed by atoms with Crippen LogP contribution in [0.3, 0.4) is 0 Å². The average Bonchev–Trinajstić information content (AvgIpc) is 2.73. The molecule has 3 rings (SSSR count). The number of quaternary nitrogens is 1. The van der Waals surface area contributed by atoms with Gasteiger partial charge in [-0.2, -0.15) is 0 Å². The number of methoxy groups -OCH3 is 2. The minimum absolute atomic E-state index is 0.00559. The van der Waals surface area contributed by atoms with Crippen LogP contribution in [0.2, 0.25) is 0 Å². The van der Waals surface area contributed by atoms with Crippen molar-refractivity contribution in [3.8, 4) is 11.5 Å². The number of rotatable bonds is 7. The van der Waals surface area contributed by atoms with Crippen molar-refractivity contribution in [2.45, 2.75) is 0 Å². The first-order valence-corrected chi connectivity index (χ1v) is 9.78. The lowest BCUT2D eigenvalue weighted by atomic mass is 10.1. The third kappa shape index (κ3) is 4.89. The van der Waals surface area contributed by atoms with Crippen LogP contribution in [0.15, 0.2) is 23.2 Å². The number of nitrogens with zero attached hydrogens (tertiary/aromatic N) is 2. The van der Waals surface area contributed by atoms with Gasteiger partial charge in [-0.3, -0.25) is 19.5 Å². The maximum absolute atomic E-state index is 13.1. The molecule has 0 unspecified atom stereocenters. The van der Waals surface area contributed by atoms with Gasteiger partial charge in [0.2, 0.25) is 5.91 Å². The van der Waals surface area contributed by atoms with Gasteiger partial charge in [0, 0.05) is 12.3 Å². The summed E-state index contributed by atoms with van der Waals surface area (Å²) in [5.41, 5.74) is 0.401. The molecule has 156 valence electrons. The van der Waals surface area contributed by atoms with Gasteiger partial charge in [0.05, 0.1) is 46.2 Å². The van der Waals surface area contributed by atoms with Crippen LogP contribution in [0.4, 0.5) is 5.69 Å². The molecular weight excluding hydrogens is 396 g/mol. The van der Waals surface area contributed by atoms with Crippen LogP contribution in [0, 0.1) is 5.92 Å². The molecule has 0 aliphatic carbocycles. The third-order valence-electron chi connectivity index (χ3n) is 4.88. The van der Waals surface area contributed by atoms with E-state index in [1.165, 1.54) is 30.2 Å². The van der Waals surface area contributed by atoms with Gasteiger partial charge in [-0.15, -0.1) is 0 Å². The fourth-order valence-electron chi connectivity index (χ4n) is 3.23. The Balaban J connectivity index is 1.75. The Bertz CT molecular complexity index is 810. The summed E-state index contributed by atoms with van der Waals surface area (Å²) in [6, 6.07) is 5.02. The number of nitrogens with one attached hydrogen (secondary N) is 2. The maximum Gasteiger partial charge on any atom is 0.251 e. The summed E-state index contributed by atoms with van der Waals surface area (Å²) < 4.78 is 15.9. The number of hydrogen-bond donors (Lipinski definition) is 2. The number of carbonyl (C=O) groups is 2. The molecule has 2 amide bonds. The van der Waals surface area contributed by atoms with E-state index in [2.05, 4.69) is 10.3 Å². The second-order valence-corrected chi connectivity index (χ2v) is 7.04. The lowest BCUT2D eigenvalue weighted by molar-refractivity contribution is -0.906. The minimum atomic E-state index is -1.06. The fourth-order valence-corrected chi connectivity index (χ4v) is 3.52. The van der Waals surface area contributed by atoms with Crippen molar-refractivity contribution in [1.82, 2.24) is 5.32 Å². The standard InChI is InChI=1S/C19H24N4O5S/c1-26-13-3-4-16(27-2)15(11-13)23-18(25)14(17(24)21-19(23)29)12-20-5-6-22-7-9-28-10-8-22/h3-4,11-12,14H,5-10H2,1-2H3,(H,21,24,29)/p+1/t14-/m1/s1. The summed E-state index contributed by atoms with van der Waals surface area (Å²) in [6.07, 6.45) is 1.40. The molecular formula is C19H25N4O5S+. The minimum Gasteiger partial charge on any atom is -0.497 e. The molecule has 1 aromatic rings. The van der Waals surface area contributed by atoms with Crippen LogP contribution in [0.25, 0.3) is 0 Å². The van der Waals surface area contributed by atoms with Crippen LogP contribution in [0.1, 0.15) is 0 Å². The summed E-state index contributed by atoms with van der Waals surface area (Å²) in [4.78, 5) is 32.4. The van der Waals surface area contributed by atoms with Crippen LogP contribution in [0.5, 0.6) is 11.5 Å². The number of carbonyl (C=O) groups excluding carboxylic acids is 2. The normalized spacial score (nSPS) is 20.8. The van der Waals surface area contributed by atoms with Gasteiger partial charge in [-0.25, -0.2) is 0 Å². The quantitative estimate of drug-likeness (QED) is 0.335. The van der Waals surface area contributed by atoms with E-state index in [0.29, 0.717) is 23.7 Å². The van der Waals surface area contributed by atoms with Crippen LogP contribution < -0.4 is 24.6 Å². The predicted octanol–water partition coefficient (Wildman–Crippen LogP) is -0.946. The molecule has 2 aliphatic rings. The number of amides is 2. The number of benzene rings is 1. The molecule has 10 heteroatoms. The van der Waals surface area contributed by atoms with E-state index in [-0.39, 0.29) is 5.11 Å². The van der Waals surface area contributed by atoms with Gasteiger partial charge in [0.25, 0.3) is 5.91 Å². The smallest absolute Gasteiger partial charge is 0.251 e. The molecule has 29 heavy (non-hydrogen) atoms. The molecule has 9 nitrogen and oxygen atoms in total. The fraction of sp³-hybridized carbons (Fsp3) is 0.474. The Labute approximate surface area is 174 Å². The van der Waals surface area contributed by atoms with Crippen LogP contribution in [-0.2, 0) is 14.3 Å². The van der Waals surface area contributed by atoms with Crippen molar-refractivity contribution in [2.24, 2.45) is 10.9 Å². The molecule has 0 aromatic heterocycles. The molecule has 1 atom stereocenters. The SMILES string of the molecule is COc1ccc(OC)c(N2C(=O)[C@H](C=NCC[NH+]3CCOCC3)C(=O)NC2=S)c1. The Morgan fingerprint density at radius 3 is 2.76 bits per heavy atom. The third-order valence-corrected chi connectivity index (χ3v) is 5.16. The molecule has 2 N–H and O–H groups in total. The molecule has 1 aromatic carbocycles. The summed E-state index contributed by atoms with van der Waals surface area (Å²) >= 11 is 5.24. The average molecular weight is 421 g/mol. The summed E-state index contributed by atoms with van der Waals surface area (Å²) in [5.74, 6) is -1.05. The molecule has 2 aliphatic heterocycles. The van der Waals surface area contributed by atoms with E-state index >= 15 is 0 Å². The van der Waals surface area contributed by atoms with Gasteiger partial charge < -0.3 is 24.4 Å². The van der Waals surface area contributed by atoms with Crippen molar-refractivity contribution >= 4 is 41.0 Å². The topological polar surface area (TPSA) is 93.9 Å². The monoisotopic (exact) mass is 421 g/mol. The first kappa shape index (κ1) is 21.2. The highest BCUT2D eigenvalue weighted by atomic mass is 32.1. The number of anilines is 1. The Hall–Kier alpha value is -2.56. The van der Waals surface area contributed by atoms with Crippen molar-refractivity contribution in [1.29, 1.82) is 0 Å². The zero-order chi connectivity index (χ0) is 20.8. The van der Waals surface area contributed by atoms with Crippen LogP contribution >= 0.6 is 12.2 Å². The van der Waals surface area contributed by atoms with E-state index in [9.17, 15) is 9.59 Å². The molecule has 2 heterocycles. The number of morpholine rings is 1. The van der Waals surface area contributed by atoms with E-state index in [4.69, 9.17) is 26.4 Å². The molecule has 0 bridgehead atoms. The van der Waals surface area contributed by atoms with Gasteiger partial charge in [-0.05, 0) is 24.4 Å². The Morgan fingerprint density at radius 2 is 2.07 bits per heavy atom. The first-order chi connectivity index (χ1) is 14.0. The Kier molecular flexibility index (Phi) is 7.13. The van der Waals surface area contributed by atoms with E-state index in [1.54, 1.807) is 18.2 Å².